The van der Waals surface area contributed by atoms with Crippen LogP contribution in [0, 0.1) is 11.3 Å². The summed E-state index contributed by atoms with van der Waals surface area (Å²) in [6, 6.07) is 0. The molecule has 2 rings (SSSR count). The van der Waals surface area contributed by atoms with E-state index in [4.69, 9.17) is 0 Å². The van der Waals surface area contributed by atoms with Gasteiger partial charge in [0, 0.05) is 0 Å². The van der Waals surface area contributed by atoms with Crippen LogP contribution in [0.3, 0.4) is 0 Å². The van der Waals surface area contributed by atoms with Crippen LogP contribution < -0.4 is 0 Å². The Morgan fingerprint density at radius 3 is 2.53 bits per heavy atom. The minimum Gasteiger partial charge on any atom is -0.389 e. The topological polar surface area (TPSA) is 40.5 Å². The van der Waals surface area contributed by atoms with Gasteiger partial charge in [-0.25, -0.2) is 0 Å². The number of fused-ring (bicyclic) bond motifs is 1. The van der Waals surface area contributed by atoms with E-state index in [1.165, 1.54) is 5.57 Å². The maximum atomic E-state index is 10.2. The van der Waals surface area contributed by atoms with E-state index in [-0.39, 0.29) is 17.6 Å². The molecule has 3 unspecified atom stereocenters. The number of rotatable bonds is 1. The van der Waals surface area contributed by atoms with Gasteiger partial charge in [0.05, 0.1) is 12.2 Å². The average Bonchev–Trinajstić information content (AvgIpc) is 2.23. The molecular formula is C15H24O2. The fraction of sp³-hybridized carbons (Fsp3) is 0.733. The Kier molecular flexibility index (Phi) is 3.21. The molecule has 0 aromatic rings. The molecule has 96 valence electrons. The molecule has 0 saturated heterocycles. The van der Waals surface area contributed by atoms with E-state index in [2.05, 4.69) is 26.8 Å². The van der Waals surface area contributed by atoms with E-state index in [0.29, 0.717) is 5.92 Å². The molecule has 0 radical (unpaired) electrons. The minimum absolute atomic E-state index is 0.0567. The molecule has 17 heavy (non-hydrogen) atoms. The van der Waals surface area contributed by atoms with E-state index in [0.717, 1.165) is 30.4 Å². The molecule has 2 nitrogen and oxygen atoms in total. The van der Waals surface area contributed by atoms with Gasteiger partial charge >= 0.3 is 0 Å². The third-order valence-corrected chi connectivity index (χ3v) is 4.55. The van der Waals surface area contributed by atoms with Gasteiger partial charge in [0.2, 0.25) is 0 Å². The van der Waals surface area contributed by atoms with E-state index in [1.807, 2.05) is 6.92 Å². The SMILES string of the molecule is CC1=C2C=C(C(C)C)C(O)CC2(C)CCC1O. The van der Waals surface area contributed by atoms with E-state index < -0.39 is 0 Å². The van der Waals surface area contributed by atoms with Crippen LogP contribution in [0.1, 0.15) is 47.0 Å². The van der Waals surface area contributed by atoms with Gasteiger partial charge in [-0.1, -0.05) is 26.8 Å². The molecule has 0 heterocycles. The summed E-state index contributed by atoms with van der Waals surface area (Å²) in [6.07, 6.45) is 4.14. The van der Waals surface area contributed by atoms with Crippen molar-refractivity contribution in [2.45, 2.75) is 59.2 Å². The third-order valence-electron chi connectivity index (χ3n) is 4.55. The maximum absolute atomic E-state index is 10.2. The Balaban J connectivity index is 2.50. The summed E-state index contributed by atoms with van der Waals surface area (Å²) in [4.78, 5) is 0. The smallest absolute Gasteiger partial charge is 0.0764 e. The van der Waals surface area contributed by atoms with E-state index >= 15 is 0 Å². The molecule has 2 N–H and O–H groups in total. The Morgan fingerprint density at radius 2 is 1.94 bits per heavy atom. The highest BCUT2D eigenvalue weighted by molar-refractivity contribution is 5.42. The fourth-order valence-electron chi connectivity index (χ4n) is 3.32. The number of hydrogen-bond acceptors (Lipinski definition) is 2. The standard InChI is InChI=1S/C15H24O2/c1-9(2)11-7-12-10(3)13(16)5-6-15(12,4)8-14(11)17/h7,9,13-14,16-17H,5-6,8H2,1-4H3. The van der Waals surface area contributed by atoms with Crippen molar-refractivity contribution in [2.75, 3.05) is 0 Å². The monoisotopic (exact) mass is 236 g/mol. The third kappa shape index (κ3) is 2.09. The van der Waals surface area contributed by atoms with Gasteiger partial charge in [0.15, 0.2) is 0 Å². The summed E-state index contributed by atoms with van der Waals surface area (Å²) in [5.41, 5.74) is 3.54. The lowest BCUT2D eigenvalue weighted by Gasteiger charge is -2.44. The molecule has 0 amide bonds. The van der Waals surface area contributed by atoms with Crippen molar-refractivity contribution >= 4 is 0 Å². The lowest BCUT2D eigenvalue weighted by Crippen LogP contribution is -2.37. The van der Waals surface area contributed by atoms with Crippen LogP contribution in [0.2, 0.25) is 0 Å². The highest BCUT2D eigenvalue weighted by atomic mass is 16.3. The predicted molar refractivity (Wildman–Crippen MR) is 69.6 cm³/mol. The molecule has 2 heteroatoms. The lowest BCUT2D eigenvalue weighted by atomic mass is 9.63. The summed E-state index contributed by atoms with van der Waals surface area (Å²) < 4.78 is 0. The van der Waals surface area contributed by atoms with Crippen molar-refractivity contribution in [3.05, 3.63) is 22.8 Å². The van der Waals surface area contributed by atoms with Gasteiger partial charge in [-0.15, -0.1) is 0 Å². The molecule has 0 spiro atoms. The van der Waals surface area contributed by atoms with Crippen molar-refractivity contribution < 1.29 is 10.2 Å². The normalized spacial score (nSPS) is 38.2. The van der Waals surface area contributed by atoms with Gasteiger partial charge < -0.3 is 10.2 Å². The lowest BCUT2D eigenvalue weighted by molar-refractivity contribution is 0.100. The van der Waals surface area contributed by atoms with Crippen LogP contribution in [-0.4, -0.2) is 22.4 Å². The molecule has 2 aliphatic carbocycles. The summed E-state index contributed by atoms with van der Waals surface area (Å²) in [7, 11) is 0. The van der Waals surface area contributed by atoms with Crippen molar-refractivity contribution in [1.82, 2.24) is 0 Å². The largest absolute Gasteiger partial charge is 0.389 e. The Labute approximate surface area is 104 Å². The average molecular weight is 236 g/mol. The number of hydrogen-bond donors (Lipinski definition) is 2. The highest BCUT2D eigenvalue weighted by Gasteiger charge is 2.40. The Bertz CT molecular complexity index is 378. The molecule has 0 aliphatic heterocycles. The molecule has 0 fully saturated rings. The molecule has 3 atom stereocenters. The van der Waals surface area contributed by atoms with Crippen LogP contribution in [0.25, 0.3) is 0 Å². The first-order valence-electron chi connectivity index (χ1n) is 6.64. The van der Waals surface area contributed by atoms with Crippen molar-refractivity contribution in [3.8, 4) is 0 Å². The summed E-state index contributed by atoms with van der Waals surface area (Å²) >= 11 is 0. The Hall–Kier alpha value is -0.600. The van der Waals surface area contributed by atoms with Crippen LogP contribution in [0.5, 0.6) is 0 Å². The van der Waals surface area contributed by atoms with Gasteiger partial charge in [0.25, 0.3) is 0 Å². The summed E-state index contributed by atoms with van der Waals surface area (Å²) in [5.74, 6) is 0.369. The molecule has 2 aliphatic rings. The molecule has 0 saturated carbocycles. The van der Waals surface area contributed by atoms with Gasteiger partial charge in [-0.2, -0.15) is 0 Å². The zero-order chi connectivity index (χ0) is 12.8. The minimum atomic E-state index is -0.313. The molecule has 0 aromatic heterocycles. The van der Waals surface area contributed by atoms with Crippen LogP contribution >= 0.6 is 0 Å². The van der Waals surface area contributed by atoms with E-state index in [1.54, 1.807) is 0 Å². The second-order valence-electron chi connectivity index (χ2n) is 6.23. The summed E-state index contributed by atoms with van der Waals surface area (Å²) in [6.45, 7) is 8.48. The second-order valence-corrected chi connectivity index (χ2v) is 6.23. The predicted octanol–water partition coefficient (Wildman–Crippen LogP) is 2.81. The quantitative estimate of drug-likeness (QED) is 0.735. The highest BCUT2D eigenvalue weighted by Crippen LogP contribution is 2.49. The maximum Gasteiger partial charge on any atom is 0.0764 e. The van der Waals surface area contributed by atoms with Crippen LogP contribution in [0.4, 0.5) is 0 Å². The first-order chi connectivity index (χ1) is 7.85. The molecule has 0 aromatic carbocycles. The number of allylic oxidation sites excluding steroid dienone is 2. The molecule has 0 bridgehead atoms. The zero-order valence-electron chi connectivity index (χ0n) is 11.3. The first-order valence-corrected chi connectivity index (χ1v) is 6.64. The zero-order valence-corrected chi connectivity index (χ0v) is 11.3. The van der Waals surface area contributed by atoms with Crippen molar-refractivity contribution in [2.24, 2.45) is 11.3 Å². The number of aliphatic hydroxyl groups excluding tert-OH is 2. The molecular weight excluding hydrogens is 212 g/mol. The van der Waals surface area contributed by atoms with Gasteiger partial charge in [0.1, 0.15) is 0 Å². The van der Waals surface area contributed by atoms with Crippen molar-refractivity contribution in [3.63, 3.8) is 0 Å². The number of aliphatic hydroxyl groups is 2. The first kappa shape index (κ1) is 12.8. The second kappa shape index (κ2) is 4.25. The fourth-order valence-corrected chi connectivity index (χ4v) is 3.32. The Morgan fingerprint density at radius 1 is 1.29 bits per heavy atom. The van der Waals surface area contributed by atoms with E-state index in [9.17, 15) is 10.2 Å². The van der Waals surface area contributed by atoms with Gasteiger partial charge in [-0.05, 0) is 54.2 Å². The van der Waals surface area contributed by atoms with Crippen molar-refractivity contribution in [1.29, 1.82) is 0 Å². The summed E-state index contributed by atoms with van der Waals surface area (Å²) in [5, 5.41) is 20.2. The van der Waals surface area contributed by atoms with Crippen LogP contribution in [0.15, 0.2) is 22.8 Å². The van der Waals surface area contributed by atoms with Gasteiger partial charge in [-0.3, -0.25) is 0 Å². The van der Waals surface area contributed by atoms with Crippen LogP contribution in [-0.2, 0) is 0 Å².